The first-order valence-corrected chi connectivity index (χ1v) is 6.54. The molecule has 2 aromatic carbocycles. The van der Waals surface area contributed by atoms with Crippen LogP contribution in [0.1, 0.15) is 10.5 Å². The van der Waals surface area contributed by atoms with Crippen molar-refractivity contribution in [2.24, 2.45) is 0 Å². The van der Waals surface area contributed by atoms with Crippen LogP contribution in [0.15, 0.2) is 54.6 Å². The van der Waals surface area contributed by atoms with Crippen molar-refractivity contribution in [3.05, 3.63) is 60.3 Å². The Morgan fingerprint density at radius 2 is 1.90 bits per heavy atom. The standard InChI is InChI=1S/C16H15N3O2/c1-21-13-7-8-14-11(9-13)10-15(17-14)16(20)19-18-12-5-3-2-4-6-12/h2-10,17-18H,1H3,(H,19,20). The van der Waals surface area contributed by atoms with Crippen molar-refractivity contribution in [2.45, 2.75) is 0 Å². The van der Waals surface area contributed by atoms with Gasteiger partial charge in [0.25, 0.3) is 5.91 Å². The Morgan fingerprint density at radius 3 is 2.67 bits per heavy atom. The van der Waals surface area contributed by atoms with Crippen LogP contribution in [0.3, 0.4) is 0 Å². The first-order valence-electron chi connectivity index (χ1n) is 6.54. The molecule has 0 atom stereocenters. The number of para-hydroxylation sites is 1. The highest BCUT2D eigenvalue weighted by Gasteiger charge is 2.09. The van der Waals surface area contributed by atoms with Gasteiger partial charge in [-0.25, -0.2) is 0 Å². The first kappa shape index (κ1) is 13.1. The molecule has 0 saturated carbocycles. The number of carbonyl (C=O) groups excluding carboxylic acids is 1. The monoisotopic (exact) mass is 281 g/mol. The number of carbonyl (C=O) groups is 1. The van der Waals surface area contributed by atoms with Gasteiger partial charge in [0.1, 0.15) is 11.4 Å². The molecule has 1 amide bonds. The van der Waals surface area contributed by atoms with Crippen LogP contribution in [-0.4, -0.2) is 18.0 Å². The Morgan fingerprint density at radius 1 is 1.10 bits per heavy atom. The third-order valence-corrected chi connectivity index (χ3v) is 3.17. The summed E-state index contributed by atoms with van der Waals surface area (Å²) in [5.74, 6) is 0.532. The van der Waals surface area contributed by atoms with E-state index in [9.17, 15) is 4.79 Å². The van der Waals surface area contributed by atoms with Crippen LogP contribution in [0, 0.1) is 0 Å². The molecule has 3 N–H and O–H groups in total. The van der Waals surface area contributed by atoms with Crippen molar-refractivity contribution in [1.29, 1.82) is 0 Å². The van der Waals surface area contributed by atoms with Gasteiger partial charge in [-0.2, -0.15) is 0 Å². The molecule has 5 nitrogen and oxygen atoms in total. The van der Waals surface area contributed by atoms with E-state index < -0.39 is 0 Å². The predicted molar refractivity (Wildman–Crippen MR) is 82.4 cm³/mol. The van der Waals surface area contributed by atoms with Crippen LogP contribution < -0.4 is 15.6 Å². The van der Waals surface area contributed by atoms with Gasteiger partial charge in [-0.05, 0) is 36.4 Å². The molecule has 3 rings (SSSR count). The molecule has 21 heavy (non-hydrogen) atoms. The summed E-state index contributed by atoms with van der Waals surface area (Å²) in [6.07, 6.45) is 0. The summed E-state index contributed by atoms with van der Waals surface area (Å²) in [7, 11) is 1.62. The fourth-order valence-electron chi connectivity index (χ4n) is 2.08. The van der Waals surface area contributed by atoms with Crippen LogP contribution in [0.25, 0.3) is 10.9 Å². The maximum Gasteiger partial charge on any atom is 0.286 e. The van der Waals surface area contributed by atoms with Crippen molar-refractivity contribution in [1.82, 2.24) is 10.4 Å². The lowest BCUT2D eigenvalue weighted by molar-refractivity contribution is 0.0958. The summed E-state index contributed by atoms with van der Waals surface area (Å²) in [4.78, 5) is 15.2. The molecular weight excluding hydrogens is 266 g/mol. The van der Waals surface area contributed by atoms with E-state index in [1.165, 1.54) is 0 Å². The third-order valence-electron chi connectivity index (χ3n) is 3.17. The number of fused-ring (bicyclic) bond motifs is 1. The van der Waals surface area contributed by atoms with Gasteiger partial charge in [-0.15, -0.1) is 0 Å². The van der Waals surface area contributed by atoms with Crippen molar-refractivity contribution >= 4 is 22.5 Å². The van der Waals surface area contributed by atoms with Crippen LogP contribution in [-0.2, 0) is 0 Å². The molecule has 0 spiro atoms. The summed E-state index contributed by atoms with van der Waals surface area (Å²) in [6, 6.07) is 16.9. The van der Waals surface area contributed by atoms with Crippen molar-refractivity contribution in [3.63, 3.8) is 0 Å². The molecule has 0 aliphatic heterocycles. The van der Waals surface area contributed by atoms with Crippen LogP contribution >= 0.6 is 0 Å². The molecule has 5 heteroatoms. The van der Waals surface area contributed by atoms with Crippen LogP contribution in [0.2, 0.25) is 0 Å². The minimum absolute atomic E-state index is 0.228. The molecule has 0 unspecified atom stereocenters. The summed E-state index contributed by atoms with van der Waals surface area (Å²) in [5, 5.41) is 0.930. The molecule has 106 valence electrons. The quantitative estimate of drug-likeness (QED) is 0.644. The number of benzene rings is 2. The molecule has 0 aliphatic carbocycles. The average molecular weight is 281 g/mol. The molecule has 0 radical (unpaired) electrons. The molecule has 3 aromatic rings. The van der Waals surface area contributed by atoms with E-state index >= 15 is 0 Å². The lowest BCUT2D eigenvalue weighted by Gasteiger charge is -2.06. The van der Waals surface area contributed by atoms with Gasteiger partial charge in [0.05, 0.1) is 12.8 Å². The van der Waals surface area contributed by atoms with Crippen LogP contribution in [0.5, 0.6) is 5.75 Å². The van der Waals surface area contributed by atoms with Gasteiger partial charge in [0, 0.05) is 10.9 Å². The summed E-state index contributed by atoms with van der Waals surface area (Å²) >= 11 is 0. The molecule has 0 aliphatic rings. The summed E-state index contributed by atoms with van der Waals surface area (Å²) in [6.45, 7) is 0. The van der Waals surface area contributed by atoms with Gasteiger partial charge < -0.3 is 9.72 Å². The van der Waals surface area contributed by atoms with Gasteiger partial charge in [-0.3, -0.25) is 15.6 Å². The maximum atomic E-state index is 12.1. The molecule has 0 saturated heterocycles. The lowest BCUT2D eigenvalue weighted by atomic mass is 10.2. The minimum atomic E-state index is -0.228. The number of aromatic amines is 1. The Labute approximate surface area is 121 Å². The zero-order chi connectivity index (χ0) is 14.7. The Bertz CT molecular complexity index is 766. The second-order valence-electron chi connectivity index (χ2n) is 4.58. The fourth-order valence-corrected chi connectivity index (χ4v) is 2.08. The van der Waals surface area contributed by atoms with E-state index in [4.69, 9.17) is 4.74 Å². The van der Waals surface area contributed by atoms with Crippen molar-refractivity contribution in [2.75, 3.05) is 12.5 Å². The van der Waals surface area contributed by atoms with E-state index in [0.29, 0.717) is 5.69 Å². The number of H-pyrrole nitrogens is 1. The predicted octanol–water partition coefficient (Wildman–Crippen LogP) is 2.93. The molecular formula is C16H15N3O2. The van der Waals surface area contributed by atoms with E-state index in [1.54, 1.807) is 13.2 Å². The number of nitrogens with one attached hydrogen (secondary N) is 3. The second kappa shape index (κ2) is 5.58. The smallest absolute Gasteiger partial charge is 0.286 e. The highest BCUT2D eigenvalue weighted by molar-refractivity contribution is 5.98. The normalized spacial score (nSPS) is 10.3. The lowest BCUT2D eigenvalue weighted by Crippen LogP contribution is -2.29. The number of methoxy groups -OCH3 is 1. The van der Waals surface area contributed by atoms with Gasteiger partial charge >= 0.3 is 0 Å². The van der Waals surface area contributed by atoms with E-state index in [-0.39, 0.29) is 5.91 Å². The summed E-state index contributed by atoms with van der Waals surface area (Å²) in [5.41, 5.74) is 7.72. The topological polar surface area (TPSA) is 66.2 Å². The van der Waals surface area contributed by atoms with Gasteiger partial charge in [0.15, 0.2) is 0 Å². The van der Waals surface area contributed by atoms with Gasteiger partial charge in [0.2, 0.25) is 0 Å². The number of amides is 1. The van der Waals surface area contributed by atoms with E-state index in [2.05, 4.69) is 15.8 Å². The zero-order valence-corrected chi connectivity index (χ0v) is 11.5. The number of hydrogen-bond acceptors (Lipinski definition) is 3. The Hall–Kier alpha value is -2.95. The minimum Gasteiger partial charge on any atom is -0.497 e. The second-order valence-corrected chi connectivity index (χ2v) is 4.58. The number of aromatic nitrogens is 1. The number of hydrogen-bond donors (Lipinski definition) is 3. The highest BCUT2D eigenvalue weighted by Crippen LogP contribution is 2.21. The number of ether oxygens (including phenoxy) is 1. The average Bonchev–Trinajstić information content (AvgIpc) is 2.96. The Balaban J connectivity index is 1.75. The Kier molecular flexibility index (Phi) is 3.47. The first-order chi connectivity index (χ1) is 10.3. The molecule has 0 fully saturated rings. The van der Waals surface area contributed by atoms with Crippen LogP contribution in [0.4, 0.5) is 5.69 Å². The maximum absolute atomic E-state index is 12.1. The largest absolute Gasteiger partial charge is 0.497 e. The zero-order valence-electron chi connectivity index (χ0n) is 11.5. The molecule has 0 bridgehead atoms. The van der Waals surface area contributed by atoms with Crippen molar-refractivity contribution in [3.8, 4) is 5.75 Å². The molecule has 1 heterocycles. The number of rotatable bonds is 4. The van der Waals surface area contributed by atoms with Crippen molar-refractivity contribution < 1.29 is 9.53 Å². The fraction of sp³-hybridized carbons (Fsp3) is 0.0625. The highest BCUT2D eigenvalue weighted by atomic mass is 16.5. The number of hydrazine groups is 1. The van der Waals surface area contributed by atoms with E-state index in [1.807, 2.05) is 48.5 Å². The number of anilines is 1. The molecule has 1 aromatic heterocycles. The summed E-state index contributed by atoms with van der Waals surface area (Å²) < 4.78 is 5.17. The van der Waals surface area contributed by atoms with Gasteiger partial charge in [-0.1, -0.05) is 18.2 Å². The van der Waals surface area contributed by atoms with E-state index in [0.717, 1.165) is 22.3 Å². The SMILES string of the molecule is COc1ccc2[nH]c(C(=O)NNc3ccccc3)cc2c1. The third kappa shape index (κ3) is 2.81.